The Kier molecular flexibility index (Phi) is 8.60. The molecule has 1 amide bonds. The van der Waals surface area contributed by atoms with Gasteiger partial charge in [0.05, 0.1) is 31.7 Å². The number of methoxy groups -OCH3 is 1. The van der Waals surface area contributed by atoms with E-state index in [4.69, 9.17) is 14.2 Å². The van der Waals surface area contributed by atoms with E-state index in [9.17, 15) is 27.9 Å². The molecule has 10 nitrogen and oxygen atoms in total. The number of esters is 1. The van der Waals surface area contributed by atoms with Crippen LogP contribution in [0.15, 0.2) is 36.7 Å². The SMILES string of the molecule is CCOC(=O)C1(F)CCN(CC(O)c2ccn3c(-c4cc(OC)c(C(=O)NC5CC5)c(OC(F)F)c4)cnc3c2)CC1. The second kappa shape index (κ2) is 12.2. The van der Waals surface area contributed by atoms with Gasteiger partial charge in [-0.3, -0.25) is 9.20 Å². The summed E-state index contributed by atoms with van der Waals surface area (Å²) in [5.74, 6) is -1.64. The average molecular weight is 591 g/mol. The molecule has 1 aliphatic heterocycles. The molecule has 1 saturated heterocycles. The number of hydrogen-bond donors (Lipinski definition) is 2. The first-order chi connectivity index (χ1) is 20.1. The Morgan fingerprint density at radius 3 is 2.55 bits per heavy atom. The minimum atomic E-state index is -3.16. The van der Waals surface area contributed by atoms with Crippen molar-refractivity contribution in [1.29, 1.82) is 0 Å². The summed E-state index contributed by atoms with van der Waals surface area (Å²) in [6.45, 7) is -0.585. The molecule has 13 heteroatoms. The molecule has 1 atom stereocenters. The highest BCUT2D eigenvalue weighted by Crippen LogP contribution is 2.37. The highest BCUT2D eigenvalue weighted by atomic mass is 19.3. The van der Waals surface area contributed by atoms with E-state index in [1.807, 2.05) is 4.90 Å². The number of amides is 1. The number of hydrogen-bond acceptors (Lipinski definition) is 8. The fourth-order valence-electron chi connectivity index (χ4n) is 5.12. The maximum Gasteiger partial charge on any atom is 0.387 e. The Morgan fingerprint density at radius 2 is 1.90 bits per heavy atom. The number of nitrogens with one attached hydrogen (secondary N) is 1. The Hall–Kier alpha value is -3.84. The molecule has 2 aromatic heterocycles. The first kappa shape index (κ1) is 29.6. The molecule has 0 spiro atoms. The molecular formula is C29H33F3N4O6. The van der Waals surface area contributed by atoms with Crippen LogP contribution in [0.4, 0.5) is 13.2 Å². The van der Waals surface area contributed by atoms with E-state index < -0.39 is 30.3 Å². The maximum atomic E-state index is 14.9. The second-order valence-corrected chi connectivity index (χ2v) is 10.5. The Morgan fingerprint density at radius 1 is 1.19 bits per heavy atom. The van der Waals surface area contributed by atoms with Crippen LogP contribution in [-0.2, 0) is 9.53 Å². The van der Waals surface area contributed by atoms with Gasteiger partial charge < -0.3 is 29.5 Å². The summed E-state index contributed by atoms with van der Waals surface area (Å²) in [6, 6.07) is 6.31. The number of piperidine rings is 1. The number of likely N-dealkylation sites (tertiary alicyclic amines) is 1. The van der Waals surface area contributed by atoms with Crippen LogP contribution in [0.5, 0.6) is 11.5 Å². The molecule has 2 aliphatic rings. The van der Waals surface area contributed by atoms with Crippen molar-refractivity contribution in [3.63, 3.8) is 0 Å². The number of β-amino-alcohol motifs (C(OH)–C–C–N with tert-alkyl or cyclic N) is 1. The van der Waals surface area contributed by atoms with Gasteiger partial charge in [0, 0.05) is 50.3 Å². The molecule has 42 heavy (non-hydrogen) atoms. The number of rotatable bonds is 11. The van der Waals surface area contributed by atoms with Crippen molar-refractivity contribution in [3.05, 3.63) is 47.8 Å². The number of alkyl halides is 3. The van der Waals surface area contributed by atoms with Crippen molar-refractivity contribution < 1.29 is 42.1 Å². The predicted molar refractivity (Wildman–Crippen MR) is 145 cm³/mol. The van der Waals surface area contributed by atoms with Crippen LogP contribution in [0, 0.1) is 0 Å². The predicted octanol–water partition coefficient (Wildman–Crippen LogP) is 3.90. The number of pyridine rings is 1. The van der Waals surface area contributed by atoms with Gasteiger partial charge in [-0.15, -0.1) is 0 Å². The summed E-state index contributed by atoms with van der Waals surface area (Å²) in [7, 11) is 1.34. The number of nitrogens with zero attached hydrogens (tertiary/aromatic N) is 3. The first-order valence-corrected chi connectivity index (χ1v) is 13.8. The number of carbonyl (C=O) groups excluding carboxylic acids is 2. The Balaban J connectivity index is 1.35. The second-order valence-electron chi connectivity index (χ2n) is 10.5. The minimum absolute atomic E-state index is 0.00126. The van der Waals surface area contributed by atoms with Crippen molar-refractivity contribution in [2.75, 3.05) is 33.4 Å². The van der Waals surface area contributed by atoms with Crippen molar-refractivity contribution >= 4 is 17.5 Å². The number of imidazole rings is 1. The van der Waals surface area contributed by atoms with E-state index in [0.29, 0.717) is 35.6 Å². The third kappa shape index (κ3) is 6.31. The summed E-state index contributed by atoms with van der Waals surface area (Å²) >= 11 is 0. The van der Waals surface area contributed by atoms with Gasteiger partial charge in [0.2, 0.25) is 5.67 Å². The zero-order valence-electron chi connectivity index (χ0n) is 23.3. The molecule has 1 saturated carbocycles. The molecule has 0 radical (unpaired) electrons. The number of aromatic nitrogens is 2. The van der Waals surface area contributed by atoms with E-state index >= 15 is 0 Å². The molecule has 3 aromatic rings. The number of aliphatic hydroxyl groups excluding tert-OH is 1. The number of fused-ring (bicyclic) bond motifs is 1. The summed E-state index contributed by atoms with van der Waals surface area (Å²) < 4.78 is 58.2. The molecule has 1 aliphatic carbocycles. The standard InChI is InChI=1S/C29H33F3N4O6/c1-3-41-27(39)29(32)7-10-35(11-8-29)16-21(37)17-6-9-36-20(15-33-24(36)14-17)18-12-22(40-2)25(23(13-18)42-28(30)31)26(38)34-19-4-5-19/h6,9,12-15,19,21,28,37H,3-5,7-8,10-11,16H2,1-2H3,(H,34,38). The zero-order chi connectivity index (χ0) is 30.0. The minimum Gasteiger partial charge on any atom is -0.496 e. The number of aliphatic hydroxyl groups is 1. The molecule has 2 fully saturated rings. The molecule has 2 N–H and O–H groups in total. The third-order valence-corrected chi connectivity index (χ3v) is 7.58. The van der Waals surface area contributed by atoms with Crippen LogP contribution in [0.3, 0.4) is 0 Å². The fraction of sp³-hybridized carbons (Fsp3) is 0.483. The lowest BCUT2D eigenvalue weighted by Gasteiger charge is -2.35. The Labute approximate surface area is 240 Å². The van der Waals surface area contributed by atoms with E-state index in [1.54, 1.807) is 35.7 Å². The highest BCUT2D eigenvalue weighted by molar-refractivity contribution is 6.01. The van der Waals surface area contributed by atoms with Gasteiger partial charge in [0.15, 0.2) is 0 Å². The summed E-state index contributed by atoms with van der Waals surface area (Å²) in [5.41, 5.74) is -0.116. The van der Waals surface area contributed by atoms with Gasteiger partial charge in [-0.25, -0.2) is 14.2 Å². The van der Waals surface area contributed by atoms with Crippen LogP contribution in [-0.4, -0.2) is 82.9 Å². The van der Waals surface area contributed by atoms with Crippen molar-refractivity contribution in [2.24, 2.45) is 0 Å². The molecule has 5 rings (SSSR count). The summed E-state index contributed by atoms with van der Waals surface area (Å²) in [6.07, 6.45) is 3.94. The van der Waals surface area contributed by atoms with E-state index in [0.717, 1.165) is 12.8 Å². The smallest absolute Gasteiger partial charge is 0.387 e. The summed E-state index contributed by atoms with van der Waals surface area (Å²) in [4.78, 5) is 31.1. The number of benzene rings is 1. The van der Waals surface area contributed by atoms with Gasteiger partial charge in [-0.1, -0.05) is 0 Å². The van der Waals surface area contributed by atoms with Gasteiger partial charge in [0.1, 0.15) is 22.7 Å². The molecule has 1 unspecified atom stereocenters. The van der Waals surface area contributed by atoms with Crippen molar-refractivity contribution in [2.45, 2.75) is 57.0 Å². The lowest BCUT2D eigenvalue weighted by Crippen LogP contribution is -2.48. The topological polar surface area (TPSA) is 115 Å². The van der Waals surface area contributed by atoms with E-state index in [2.05, 4.69) is 10.3 Å². The van der Waals surface area contributed by atoms with E-state index in [-0.39, 0.29) is 49.1 Å². The largest absolute Gasteiger partial charge is 0.496 e. The normalized spacial score (nSPS) is 17.7. The van der Waals surface area contributed by atoms with Crippen molar-refractivity contribution in [1.82, 2.24) is 19.6 Å². The van der Waals surface area contributed by atoms with Crippen LogP contribution in [0.2, 0.25) is 0 Å². The quantitative estimate of drug-likeness (QED) is 0.323. The molecule has 1 aromatic carbocycles. The lowest BCUT2D eigenvalue weighted by molar-refractivity contribution is -0.161. The Bertz CT molecular complexity index is 1450. The lowest BCUT2D eigenvalue weighted by atomic mass is 9.93. The van der Waals surface area contributed by atoms with Gasteiger partial charge in [0.25, 0.3) is 5.91 Å². The van der Waals surface area contributed by atoms with Crippen LogP contribution >= 0.6 is 0 Å². The molecule has 0 bridgehead atoms. The van der Waals surface area contributed by atoms with Gasteiger partial charge in [-0.05, 0) is 49.6 Å². The van der Waals surface area contributed by atoms with Crippen LogP contribution in [0.25, 0.3) is 16.9 Å². The monoisotopic (exact) mass is 590 g/mol. The van der Waals surface area contributed by atoms with Crippen LogP contribution < -0.4 is 14.8 Å². The average Bonchev–Trinajstić information content (AvgIpc) is 3.67. The third-order valence-electron chi connectivity index (χ3n) is 7.58. The highest BCUT2D eigenvalue weighted by Gasteiger charge is 2.43. The van der Waals surface area contributed by atoms with Gasteiger partial charge in [-0.2, -0.15) is 8.78 Å². The molecular weight excluding hydrogens is 557 g/mol. The van der Waals surface area contributed by atoms with E-state index in [1.165, 1.54) is 19.4 Å². The maximum absolute atomic E-state index is 14.9. The van der Waals surface area contributed by atoms with Gasteiger partial charge >= 0.3 is 12.6 Å². The molecule has 226 valence electrons. The first-order valence-electron chi connectivity index (χ1n) is 13.8. The molecule has 3 heterocycles. The number of halogens is 3. The number of ether oxygens (including phenoxy) is 3. The fourth-order valence-corrected chi connectivity index (χ4v) is 5.12. The number of carbonyl (C=O) groups is 2. The zero-order valence-corrected chi connectivity index (χ0v) is 23.3. The van der Waals surface area contributed by atoms with Crippen molar-refractivity contribution in [3.8, 4) is 22.8 Å². The summed E-state index contributed by atoms with van der Waals surface area (Å²) in [5, 5.41) is 13.7. The van der Waals surface area contributed by atoms with Crippen LogP contribution in [0.1, 0.15) is 54.6 Å².